The van der Waals surface area contributed by atoms with Crippen molar-refractivity contribution in [1.82, 2.24) is 24.8 Å². The molecule has 7 nitrogen and oxygen atoms in total. The molecule has 3 aromatic rings. The number of hydrogen-bond acceptors (Lipinski definition) is 5. The molecule has 0 aliphatic heterocycles. The van der Waals surface area contributed by atoms with Gasteiger partial charge in [-0.1, -0.05) is 11.3 Å². The third kappa shape index (κ3) is 3.26. The van der Waals surface area contributed by atoms with Gasteiger partial charge in [0.05, 0.1) is 31.6 Å². The molecule has 2 N–H and O–H groups in total. The fourth-order valence-electron chi connectivity index (χ4n) is 2.00. The molecule has 0 amide bonds. The Morgan fingerprint density at radius 2 is 2.19 bits per heavy atom. The Balaban J connectivity index is 1.66. The van der Waals surface area contributed by atoms with Crippen molar-refractivity contribution in [2.75, 3.05) is 11.9 Å². The molecule has 21 heavy (non-hydrogen) atoms. The molecule has 0 unspecified atom stereocenters. The van der Waals surface area contributed by atoms with Crippen LogP contribution in [0.25, 0.3) is 5.69 Å². The molecule has 0 spiro atoms. The van der Waals surface area contributed by atoms with Gasteiger partial charge in [0.2, 0.25) is 0 Å². The second-order valence-corrected chi connectivity index (χ2v) is 4.55. The zero-order valence-corrected chi connectivity index (χ0v) is 11.4. The van der Waals surface area contributed by atoms with Gasteiger partial charge in [-0.15, -0.1) is 5.10 Å². The van der Waals surface area contributed by atoms with Crippen molar-refractivity contribution in [3.63, 3.8) is 0 Å². The summed E-state index contributed by atoms with van der Waals surface area (Å²) in [5.41, 5.74) is 2.81. The number of aliphatic hydroxyl groups excluding tert-OH is 1. The summed E-state index contributed by atoms with van der Waals surface area (Å²) in [5.74, 6) is 0. The van der Waals surface area contributed by atoms with Gasteiger partial charge in [-0.2, -0.15) is 5.10 Å². The number of anilines is 1. The van der Waals surface area contributed by atoms with Crippen molar-refractivity contribution in [1.29, 1.82) is 0 Å². The number of nitrogens with zero attached hydrogens (tertiary/aromatic N) is 5. The zero-order chi connectivity index (χ0) is 14.5. The van der Waals surface area contributed by atoms with E-state index in [1.807, 2.05) is 47.4 Å². The number of rotatable bonds is 6. The molecule has 0 aliphatic carbocycles. The molecule has 2 heterocycles. The Morgan fingerprint density at radius 1 is 1.24 bits per heavy atom. The Bertz CT molecular complexity index is 691. The van der Waals surface area contributed by atoms with E-state index in [0.29, 0.717) is 13.1 Å². The first-order valence-corrected chi connectivity index (χ1v) is 6.69. The van der Waals surface area contributed by atoms with Crippen molar-refractivity contribution in [2.24, 2.45) is 0 Å². The Labute approximate surface area is 121 Å². The van der Waals surface area contributed by atoms with E-state index in [4.69, 9.17) is 5.11 Å². The zero-order valence-electron chi connectivity index (χ0n) is 11.4. The van der Waals surface area contributed by atoms with Crippen LogP contribution < -0.4 is 5.32 Å². The van der Waals surface area contributed by atoms with Crippen molar-refractivity contribution in [2.45, 2.75) is 13.1 Å². The second kappa shape index (κ2) is 6.19. The molecule has 0 atom stereocenters. The van der Waals surface area contributed by atoms with Gasteiger partial charge in [-0.05, 0) is 24.3 Å². The minimum atomic E-state index is 0.0577. The van der Waals surface area contributed by atoms with Crippen molar-refractivity contribution in [3.8, 4) is 5.69 Å². The van der Waals surface area contributed by atoms with Crippen molar-refractivity contribution >= 4 is 5.69 Å². The van der Waals surface area contributed by atoms with Crippen molar-refractivity contribution in [3.05, 3.63) is 54.6 Å². The Kier molecular flexibility index (Phi) is 3.92. The highest BCUT2D eigenvalue weighted by atomic mass is 16.3. The molecule has 0 saturated carbocycles. The van der Waals surface area contributed by atoms with Crippen LogP contribution in [-0.4, -0.2) is 36.5 Å². The fourth-order valence-corrected chi connectivity index (χ4v) is 2.00. The molecule has 0 aliphatic rings. The molecule has 2 aromatic heterocycles. The number of hydrogen-bond donors (Lipinski definition) is 2. The first-order chi connectivity index (χ1) is 10.3. The molecular weight excluding hydrogens is 268 g/mol. The highest BCUT2D eigenvalue weighted by Gasteiger charge is 2.02. The van der Waals surface area contributed by atoms with E-state index >= 15 is 0 Å². The van der Waals surface area contributed by atoms with Gasteiger partial charge in [0, 0.05) is 18.1 Å². The number of benzene rings is 1. The summed E-state index contributed by atoms with van der Waals surface area (Å²) >= 11 is 0. The van der Waals surface area contributed by atoms with Crippen LogP contribution in [-0.2, 0) is 13.1 Å². The monoisotopic (exact) mass is 284 g/mol. The minimum Gasteiger partial charge on any atom is -0.394 e. The first-order valence-electron chi connectivity index (χ1n) is 6.69. The predicted molar refractivity (Wildman–Crippen MR) is 78.0 cm³/mol. The number of aromatic nitrogens is 5. The van der Waals surface area contributed by atoms with E-state index in [0.717, 1.165) is 17.1 Å². The number of nitrogens with one attached hydrogen (secondary N) is 1. The summed E-state index contributed by atoms with van der Waals surface area (Å²) in [5, 5.41) is 24.3. The molecule has 0 saturated heterocycles. The molecule has 0 bridgehead atoms. The molecule has 0 radical (unpaired) electrons. The lowest BCUT2D eigenvalue weighted by Gasteiger charge is -2.07. The smallest absolute Gasteiger partial charge is 0.102 e. The summed E-state index contributed by atoms with van der Waals surface area (Å²) in [6.07, 6.45) is 5.47. The van der Waals surface area contributed by atoms with E-state index < -0.39 is 0 Å². The predicted octanol–water partition coefficient (Wildman–Crippen LogP) is 1.07. The van der Waals surface area contributed by atoms with Gasteiger partial charge < -0.3 is 10.4 Å². The van der Waals surface area contributed by atoms with E-state index in [1.165, 1.54) is 0 Å². The van der Waals surface area contributed by atoms with Crippen LogP contribution in [0.5, 0.6) is 0 Å². The van der Waals surface area contributed by atoms with Crippen LogP contribution in [0.1, 0.15) is 5.69 Å². The third-order valence-electron chi connectivity index (χ3n) is 3.00. The second-order valence-electron chi connectivity index (χ2n) is 4.55. The van der Waals surface area contributed by atoms with E-state index in [-0.39, 0.29) is 6.61 Å². The van der Waals surface area contributed by atoms with Gasteiger partial charge in [-0.3, -0.25) is 0 Å². The Morgan fingerprint density at radius 3 is 3.00 bits per heavy atom. The molecule has 3 rings (SSSR count). The van der Waals surface area contributed by atoms with Gasteiger partial charge >= 0.3 is 0 Å². The Hall–Kier alpha value is -2.67. The highest BCUT2D eigenvalue weighted by molar-refractivity contribution is 5.50. The number of aliphatic hydroxyl groups is 1. The van der Waals surface area contributed by atoms with Gasteiger partial charge in [0.1, 0.15) is 5.69 Å². The maximum absolute atomic E-state index is 8.85. The minimum absolute atomic E-state index is 0.0577. The quantitative estimate of drug-likeness (QED) is 0.707. The lowest BCUT2D eigenvalue weighted by Crippen LogP contribution is -2.02. The topological polar surface area (TPSA) is 80.8 Å². The molecule has 1 aromatic carbocycles. The van der Waals surface area contributed by atoms with Crippen LogP contribution in [0.2, 0.25) is 0 Å². The third-order valence-corrected chi connectivity index (χ3v) is 3.00. The summed E-state index contributed by atoms with van der Waals surface area (Å²) in [6.45, 7) is 1.10. The van der Waals surface area contributed by atoms with Crippen LogP contribution >= 0.6 is 0 Å². The SMILES string of the molecule is OCCn1cc(CNc2cccc(-n3cccn3)c2)nn1. The molecule has 7 heteroatoms. The van der Waals surface area contributed by atoms with Crippen LogP contribution in [0.4, 0.5) is 5.69 Å². The standard InChI is InChI=1S/C14H16N6O/c21-8-7-19-11-13(17-18-19)10-15-12-3-1-4-14(9-12)20-6-2-5-16-20/h1-6,9,11,15,21H,7-8,10H2. The van der Waals surface area contributed by atoms with Gasteiger partial charge in [0.15, 0.2) is 0 Å². The van der Waals surface area contributed by atoms with E-state index in [1.54, 1.807) is 10.9 Å². The highest BCUT2D eigenvalue weighted by Crippen LogP contribution is 2.14. The summed E-state index contributed by atoms with van der Waals surface area (Å²) < 4.78 is 3.43. The average Bonchev–Trinajstić information content (AvgIpc) is 3.18. The molecular formula is C14H16N6O. The summed E-state index contributed by atoms with van der Waals surface area (Å²) in [4.78, 5) is 0. The fraction of sp³-hybridized carbons (Fsp3) is 0.214. The lowest BCUT2D eigenvalue weighted by molar-refractivity contribution is 0.268. The van der Waals surface area contributed by atoms with E-state index in [9.17, 15) is 0 Å². The summed E-state index contributed by atoms with van der Waals surface area (Å²) in [7, 11) is 0. The van der Waals surface area contributed by atoms with Crippen LogP contribution in [0.15, 0.2) is 48.9 Å². The van der Waals surface area contributed by atoms with Gasteiger partial charge in [0.25, 0.3) is 0 Å². The van der Waals surface area contributed by atoms with Crippen LogP contribution in [0, 0.1) is 0 Å². The van der Waals surface area contributed by atoms with Crippen molar-refractivity contribution < 1.29 is 5.11 Å². The maximum Gasteiger partial charge on any atom is 0.102 e. The first kappa shape index (κ1) is 13.3. The van der Waals surface area contributed by atoms with Gasteiger partial charge in [-0.25, -0.2) is 9.36 Å². The maximum atomic E-state index is 8.85. The molecule has 0 fully saturated rings. The largest absolute Gasteiger partial charge is 0.394 e. The average molecular weight is 284 g/mol. The summed E-state index contributed by atoms with van der Waals surface area (Å²) in [6, 6.07) is 9.87. The lowest BCUT2D eigenvalue weighted by atomic mass is 10.2. The molecule has 108 valence electrons. The normalized spacial score (nSPS) is 10.7. The van der Waals surface area contributed by atoms with E-state index in [2.05, 4.69) is 20.7 Å². The van der Waals surface area contributed by atoms with Crippen LogP contribution in [0.3, 0.4) is 0 Å².